The summed E-state index contributed by atoms with van der Waals surface area (Å²) in [4.78, 5) is 19.7. The second-order valence-corrected chi connectivity index (χ2v) is 6.43. The molecule has 4 rings (SSSR count). The standard InChI is InChI=1S/C22H19FN4O/c23-16-5-7-17(8-6-16)27-18-9-10-21(26-14-18)22(28)24-12-11-15-13-25-20-4-2-1-3-19(15)20/h1-10,13-14,25,27H,11-12H2,(H,24,28). The zero-order valence-electron chi connectivity index (χ0n) is 15.1. The molecule has 140 valence electrons. The van der Waals surface area contributed by atoms with Gasteiger partial charge < -0.3 is 15.6 Å². The van der Waals surface area contributed by atoms with Crippen LogP contribution in [0.3, 0.4) is 0 Å². The third-order valence-corrected chi connectivity index (χ3v) is 4.48. The lowest BCUT2D eigenvalue weighted by Crippen LogP contribution is -2.26. The highest BCUT2D eigenvalue weighted by Gasteiger charge is 2.08. The Hall–Kier alpha value is -3.67. The summed E-state index contributed by atoms with van der Waals surface area (Å²) in [5.41, 5.74) is 4.09. The monoisotopic (exact) mass is 374 g/mol. The molecule has 2 aromatic heterocycles. The Bertz CT molecular complexity index is 1090. The van der Waals surface area contributed by atoms with Crippen LogP contribution in [0.25, 0.3) is 10.9 Å². The number of fused-ring (bicyclic) bond motifs is 1. The number of carbonyl (C=O) groups is 1. The minimum Gasteiger partial charge on any atom is -0.361 e. The number of hydrogen-bond acceptors (Lipinski definition) is 3. The molecule has 0 fully saturated rings. The summed E-state index contributed by atoms with van der Waals surface area (Å²) in [5.74, 6) is -0.503. The van der Waals surface area contributed by atoms with Crippen molar-refractivity contribution >= 4 is 28.2 Å². The molecule has 28 heavy (non-hydrogen) atoms. The maximum absolute atomic E-state index is 12.9. The minimum absolute atomic E-state index is 0.215. The Morgan fingerprint density at radius 1 is 1.00 bits per heavy atom. The van der Waals surface area contributed by atoms with E-state index in [2.05, 4.69) is 26.7 Å². The van der Waals surface area contributed by atoms with Gasteiger partial charge >= 0.3 is 0 Å². The number of nitrogens with zero attached hydrogens (tertiary/aromatic N) is 1. The number of nitrogens with one attached hydrogen (secondary N) is 3. The van der Waals surface area contributed by atoms with Crippen molar-refractivity contribution in [2.75, 3.05) is 11.9 Å². The Balaban J connectivity index is 1.32. The first-order chi connectivity index (χ1) is 13.7. The first-order valence-electron chi connectivity index (χ1n) is 9.01. The summed E-state index contributed by atoms with van der Waals surface area (Å²) in [5, 5.41) is 7.18. The van der Waals surface area contributed by atoms with Crippen molar-refractivity contribution in [3.8, 4) is 0 Å². The highest BCUT2D eigenvalue weighted by molar-refractivity contribution is 5.92. The third kappa shape index (κ3) is 4.01. The highest BCUT2D eigenvalue weighted by atomic mass is 19.1. The van der Waals surface area contributed by atoms with Crippen molar-refractivity contribution in [2.45, 2.75) is 6.42 Å². The number of hydrogen-bond donors (Lipinski definition) is 3. The van der Waals surface area contributed by atoms with Crippen LogP contribution in [-0.2, 0) is 6.42 Å². The van der Waals surface area contributed by atoms with E-state index in [1.54, 1.807) is 30.5 Å². The summed E-state index contributed by atoms with van der Waals surface area (Å²) >= 11 is 0. The van der Waals surface area contributed by atoms with Crippen LogP contribution in [-0.4, -0.2) is 22.4 Å². The molecule has 2 aromatic carbocycles. The maximum atomic E-state index is 12.9. The van der Waals surface area contributed by atoms with Crippen LogP contribution in [0.5, 0.6) is 0 Å². The first kappa shape index (κ1) is 17.7. The molecular weight excluding hydrogens is 355 g/mol. The Morgan fingerprint density at radius 2 is 1.79 bits per heavy atom. The summed E-state index contributed by atoms with van der Waals surface area (Å²) < 4.78 is 12.9. The Kier molecular flexibility index (Phi) is 5.01. The van der Waals surface area contributed by atoms with Crippen LogP contribution in [0.1, 0.15) is 16.1 Å². The van der Waals surface area contributed by atoms with E-state index in [0.717, 1.165) is 23.3 Å². The van der Waals surface area contributed by atoms with Crippen molar-refractivity contribution in [3.63, 3.8) is 0 Å². The van der Waals surface area contributed by atoms with Crippen LogP contribution < -0.4 is 10.6 Å². The number of halogens is 1. The van der Waals surface area contributed by atoms with Crippen molar-refractivity contribution in [1.82, 2.24) is 15.3 Å². The molecule has 0 unspecified atom stereocenters. The van der Waals surface area contributed by atoms with Crippen molar-refractivity contribution in [3.05, 3.63) is 90.1 Å². The summed E-state index contributed by atoms with van der Waals surface area (Å²) in [6.45, 7) is 0.526. The fourth-order valence-electron chi connectivity index (χ4n) is 3.04. The van der Waals surface area contributed by atoms with E-state index in [1.807, 2.05) is 24.4 Å². The number of amides is 1. The summed E-state index contributed by atoms with van der Waals surface area (Å²) in [6.07, 6.45) is 4.29. The number of anilines is 2. The van der Waals surface area contributed by atoms with E-state index < -0.39 is 0 Å². The first-order valence-corrected chi connectivity index (χ1v) is 9.01. The predicted molar refractivity (Wildman–Crippen MR) is 108 cm³/mol. The molecule has 1 amide bonds. The van der Waals surface area contributed by atoms with Gasteiger partial charge in [0.05, 0.1) is 11.9 Å². The fraction of sp³-hybridized carbons (Fsp3) is 0.0909. The van der Waals surface area contributed by atoms with Crippen LogP contribution in [0.2, 0.25) is 0 Å². The molecule has 0 radical (unpaired) electrons. The van der Waals surface area contributed by atoms with E-state index in [9.17, 15) is 9.18 Å². The minimum atomic E-state index is -0.289. The molecule has 0 spiro atoms. The number of para-hydroxylation sites is 1. The van der Waals surface area contributed by atoms with Gasteiger partial charge in [-0.2, -0.15) is 0 Å². The molecular formula is C22H19FN4O. The average Bonchev–Trinajstić information content (AvgIpc) is 3.13. The molecule has 6 heteroatoms. The van der Waals surface area contributed by atoms with Crippen LogP contribution in [0.15, 0.2) is 73.1 Å². The quantitative estimate of drug-likeness (QED) is 0.468. The van der Waals surface area contributed by atoms with Crippen LogP contribution in [0.4, 0.5) is 15.8 Å². The summed E-state index contributed by atoms with van der Waals surface area (Å²) in [7, 11) is 0. The van der Waals surface area contributed by atoms with Crippen molar-refractivity contribution in [1.29, 1.82) is 0 Å². The smallest absolute Gasteiger partial charge is 0.269 e. The number of aromatic nitrogens is 2. The molecule has 0 bridgehead atoms. The van der Waals surface area contributed by atoms with Crippen LogP contribution >= 0.6 is 0 Å². The molecule has 5 nitrogen and oxygen atoms in total. The molecule has 0 aliphatic carbocycles. The highest BCUT2D eigenvalue weighted by Crippen LogP contribution is 2.18. The Morgan fingerprint density at radius 3 is 2.57 bits per heavy atom. The van der Waals surface area contributed by atoms with Gasteiger partial charge in [0, 0.05) is 29.3 Å². The molecule has 4 aromatic rings. The van der Waals surface area contributed by atoms with Gasteiger partial charge in [0.15, 0.2) is 0 Å². The van der Waals surface area contributed by atoms with Crippen molar-refractivity contribution in [2.24, 2.45) is 0 Å². The lowest BCUT2D eigenvalue weighted by Gasteiger charge is -2.08. The fourth-order valence-corrected chi connectivity index (χ4v) is 3.04. The van der Waals surface area contributed by atoms with E-state index in [1.165, 1.54) is 23.1 Å². The van der Waals surface area contributed by atoms with Crippen molar-refractivity contribution < 1.29 is 9.18 Å². The number of carbonyl (C=O) groups excluding carboxylic acids is 1. The molecule has 0 atom stereocenters. The molecule has 0 saturated heterocycles. The van der Waals surface area contributed by atoms with E-state index >= 15 is 0 Å². The second-order valence-electron chi connectivity index (χ2n) is 6.43. The zero-order chi connectivity index (χ0) is 19.3. The second kappa shape index (κ2) is 7.92. The number of H-pyrrole nitrogens is 1. The van der Waals surface area contributed by atoms with Gasteiger partial charge in [-0.1, -0.05) is 18.2 Å². The topological polar surface area (TPSA) is 69.8 Å². The number of pyridine rings is 1. The van der Waals surface area contributed by atoms with Gasteiger partial charge in [-0.15, -0.1) is 0 Å². The normalized spacial score (nSPS) is 10.8. The maximum Gasteiger partial charge on any atom is 0.269 e. The van der Waals surface area contributed by atoms with Gasteiger partial charge in [0.25, 0.3) is 5.91 Å². The number of rotatable bonds is 6. The van der Waals surface area contributed by atoms with E-state index in [0.29, 0.717) is 12.2 Å². The van der Waals surface area contributed by atoms with Crippen LogP contribution in [0, 0.1) is 5.82 Å². The molecule has 2 heterocycles. The average molecular weight is 374 g/mol. The predicted octanol–water partition coefficient (Wildman–Crippen LogP) is 4.42. The van der Waals surface area contributed by atoms with Gasteiger partial charge in [0.2, 0.25) is 0 Å². The largest absolute Gasteiger partial charge is 0.361 e. The lowest BCUT2D eigenvalue weighted by molar-refractivity contribution is 0.0949. The number of benzene rings is 2. The third-order valence-electron chi connectivity index (χ3n) is 4.48. The van der Waals surface area contributed by atoms with Gasteiger partial charge in [-0.25, -0.2) is 9.37 Å². The number of aromatic amines is 1. The van der Waals surface area contributed by atoms with E-state index in [4.69, 9.17) is 0 Å². The van der Waals surface area contributed by atoms with E-state index in [-0.39, 0.29) is 11.7 Å². The van der Waals surface area contributed by atoms with Gasteiger partial charge in [-0.3, -0.25) is 4.79 Å². The SMILES string of the molecule is O=C(NCCc1c[nH]c2ccccc12)c1ccc(Nc2ccc(F)cc2)cn1. The molecule has 0 aliphatic rings. The van der Waals surface area contributed by atoms with Gasteiger partial charge in [0.1, 0.15) is 11.5 Å². The lowest BCUT2D eigenvalue weighted by atomic mass is 10.1. The molecule has 0 saturated carbocycles. The Labute approximate surface area is 161 Å². The van der Waals surface area contributed by atoms with Gasteiger partial charge in [-0.05, 0) is 54.4 Å². The molecule has 0 aliphatic heterocycles. The molecule has 3 N–H and O–H groups in total. The summed E-state index contributed by atoms with van der Waals surface area (Å²) in [6, 6.07) is 17.6. The zero-order valence-corrected chi connectivity index (χ0v) is 15.1.